The summed E-state index contributed by atoms with van der Waals surface area (Å²) in [7, 11) is 0. The predicted molar refractivity (Wildman–Crippen MR) is 100 cm³/mol. The Balaban J connectivity index is 1.49. The van der Waals surface area contributed by atoms with Crippen LogP contribution in [0.4, 0.5) is 8.78 Å². The van der Waals surface area contributed by atoms with Crippen molar-refractivity contribution in [1.29, 1.82) is 0 Å². The van der Waals surface area contributed by atoms with E-state index in [-0.39, 0.29) is 35.8 Å². The Bertz CT molecular complexity index is 887. The van der Waals surface area contributed by atoms with Crippen LogP contribution < -0.4 is 0 Å². The molecule has 2 aromatic carbocycles. The summed E-state index contributed by atoms with van der Waals surface area (Å²) in [6.07, 6.45) is 1.50. The standard InChI is InChI=1S/C22H22F2N2O2/c23-18-8-6-16(20(24)11-18)10-21(27)25-13-17-7-9-19(14-25)26(22(17)28)12-15-4-2-1-3-5-15/h1-6,8,11,17,19H,7,9-10,12-14H2/t17-,19+/m0/s1. The number of rotatable bonds is 4. The highest BCUT2D eigenvalue weighted by molar-refractivity contribution is 5.84. The van der Waals surface area contributed by atoms with Crippen molar-refractivity contribution in [3.63, 3.8) is 0 Å². The quantitative estimate of drug-likeness (QED) is 0.813. The minimum absolute atomic E-state index is 0.0338. The van der Waals surface area contributed by atoms with Gasteiger partial charge in [-0.25, -0.2) is 8.78 Å². The minimum atomic E-state index is -0.715. The molecule has 2 amide bonds. The van der Waals surface area contributed by atoms with Gasteiger partial charge in [-0.15, -0.1) is 0 Å². The fourth-order valence-electron chi connectivity index (χ4n) is 4.17. The summed E-state index contributed by atoms with van der Waals surface area (Å²) in [6, 6.07) is 13.0. The van der Waals surface area contributed by atoms with E-state index in [9.17, 15) is 18.4 Å². The first-order valence-electron chi connectivity index (χ1n) is 9.57. The first-order valence-corrected chi connectivity index (χ1v) is 9.57. The van der Waals surface area contributed by atoms with Crippen LogP contribution in [-0.2, 0) is 22.6 Å². The van der Waals surface area contributed by atoms with Crippen LogP contribution in [0, 0.1) is 17.6 Å². The van der Waals surface area contributed by atoms with Crippen LogP contribution >= 0.6 is 0 Å². The second kappa shape index (κ2) is 7.70. The number of nitrogens with zero attached hydrogens (tertiary/aromatic N) is 2. The average molecular weight is 384 g/mol. The number of benzene rings is 2. The van der Waals surface area contributed by atoms with E-state index in [0.29, 0.717) is 19.6 Å². The molecule has 2 bridgehead atoms. The van der Waals surface area contributed by atoms with Crippen molar-refractivity contribution in [3.05, 3.63) is 71.3 Å². The maximum atomic E-state index is 13.9. The summed E-state index contributed by atoms with van der Waals surface area (Å²) >= 11 is 0. The molecule has 146 valence electrons. The largest absolute Gasteiger partial charge is 0.340 e. The average Bonchev–Trinajstić information content (AvgIpc) is 2.97. The zero-order chi connectivity index (χ0) is 19.7. The van der Waals surface area contributed by atoms with Crippen molar-refractivity contribution >= 4 is 11.8 Å². The molecule has 3 aliphatic heterocycles. The lowest BCUT2D eigenvalue weighted by Gasteiger charge is -2.36. The number of hydrogen-bond acceptors (Lipinski definition) is 2. The van der Waals surface area contributed by atoms with Crippen molar-refractivity contribution in [2.45, 2.75) is 31.8 Å². The summed E-state index contributed by atoms with van der Waals surface area (Å²) in [5.41, 5.74) is 1.24. The van der Waals surface area contributed by atoms with Crippen molar-refractivity contribution in [1.82, 2.24) is 9.80 Å². The third-order valence-corrected chi connectivity index (χ3v) is 5.70. The number of amides is 2. The van der Waals surface area contributed by atoms with E-state index in [2.05, 4.69) is 0 Å². The number of halogens is 2. The van der Waals surface area contributed by atoms with E-state index >= 15 is 0 Å². The Hall–Kier alpha value is -2.76. The number of piperidine rings is 1. The van der Waals surface area contributed by atoms with Crippen molar-refractivity contribution < 1.29 is 18.4 Å². The van der Waals surface area contributed by atoms with Crippen LogP contribution in [0.25, 0.3) is 0 Å². The van der Waals surface area contributed by atoms with E-state index in [1.165, 1.54) is 6.07 Å². The molecular weight excluding hydrogens is 362 g/mol. The number of carbonyl (C=O) groups is 2. The smallest absolute Gasteiger partial charge is 0.228 e. The lowest BCUT2D eigenvalue weighted by molar-refractivity contribution is -0.140. The molecule has 0 saturated carbocycles. The summed E-state index contributed by atoms with van der Waals surface area (Å²) in [4.78, 5) is 29.3. The molecule has 0 aliphatic carbocycles. The summed E-state index contributed by atoms with van der Waals surface area (Å²) in [5.74, 6) is -1.73. The van der Waals surface area contributed by atoms with E-state index in [1.807, 2.05) is 35.2 Å². The monoisotopic (exact) mass is 384 g/mol. The zero-order valence-electron chi connectivity index (χ0n) is 15.5. The van der Waals surface area contributed by atoms with Gasteiger partial charge in [0.2, 0.25) is 11.8 Å². The Labute approximate surface area is 162 Å². The second-order valence-electron chi connectivity index (χ2n) is 7.59. The van der Waals surface area contributed by atoms with E-state index in [4.69, 9.17) is 0 Å². The molecule has 3 aliphatic rings. The fraction of sp³-hybridized carbons (Fsp3) is 0.364. The molecule has 28 heavy (non-hydrogen) atoms. The van der Waals surface area contributed by atoms with Crippen molar-refractivity contribution in [3.8, 4) is 0 Å². The Morgan fingerprint density at radius 3 is 2.57 bits per heavy atom. The minimum Gasteiger partial charge on any atom is -0.340 e. The molecule has 4 nitrogen and oxygen atoms in total. The Morgan fingerprint density at radius 2 is 1.82 bits per heavy atom. The first kappa shape index (κ1) is 18.6. The van der Waals surface area contributed by atoms with Crippen LogP contribution in [0.5, 0.6) is 0 Å². The van der Waals surface area contributed by atoms with Crippen LogP contribution in [0.15, 0.2) is 48.5 Å². The predicted octanol–water partition coefficient (Wildman–Crippen LogP) is 3.16. The molecule has 5 rings (SSSR count). The highest BCUT2D eigenvalue weighted by Gasteiger charge is 2.41. The van der Waals surface area contributed by atoms with Gasteiger partial charge >= 0.3 is 0 Å². The van der Waals surface area contributed by atoms with Gasteiger partial charge in [-0.05, 0) is 30.0 Å². The molecule has 0 N–H and O–H groups in total. The first-order chi connectivity index (χ1) is 13.5. The van der Waals surface area contributed by atoms with Crippen molar-refractivity contribution in [2.75, 3.05) is 13.1 Å². The summed E-state index contributed by atoms with van der Waals surface area (Å²) in [6.45, 7) is 1.36. The van der Waals surface area contributed by atoms with E-state index in [1.54, 1.807) is 4.90 Å². The number of carbonyl (C=O) groups excluding carboxylic acids is 2. The van der Waals surface area contributed by atoms with Crippen LogP contribution in [0.2, 0.25) is 0 Å². The van der Waals surface area contributed by atoms with Crippen molar-refractivity contribution in [2.24, 2.45) is 5.92 Å². The highest BCUT2D eigenvalue weighted by Crippen LogP contribution is 2.30. The summed E-state index contributed by atoms with van der Waals surface area (Å²) in [5, 5.41) is 0. The fourth-order valence-corrected chi connectivity index (χ4v) is 4.17. The molecule has 0 spiro atoms. The number of fused-ring (bicyclic) bond motifs is 4. The van der Waals surface area contributed by atoms with Gasteiger partial charge in [-0.2, -0.15) is 0 Å². The third kappa shape index (κ3) is 3.77. The highest BCUT2D eigenvalue weighted by atomic mass is 19.1. The lowest BCUT2D eigenvalue weighted by atomic mass is 9.93. The second-order valence-corrected chi connectivity index (χ2v) is 7.59. The molecular formula is C22H22F2N2O2. The SMILES string of the molecule is O=C(Cc1ccc(F)cc1F)N1C[C@@H]2CC[C@H](C1)N(Cc1ccccc1)C2=O. The summed E-state index contributed by atoms with van der Waals surface area (Å²) < 4.78 is 27.0. The molecule has 2 aromatic rings. The van der Waals surface area contributed by atoms with E-state index < -0.39 is 11.6 Å². The molecule has 0 unspecified atom stereocenters. The third-order valence-electron chi connectivity index (χ3n) is 5.70. The molecule has 3 fully saturated rings. The lowest BCUT2D eigenvalue weighted by Crippen LogP contribution is -2.47. The molecule has 0 aromatic heterocycles. The van der Waals surface area contributed by atoms with Crippen LogP contribution in [0.1, 0.15) is 24.0 Å². The van der Waals surface area contributed by atoms with Crippen LogP contribution in [0.3, 0.4) is 0 Å². The maximum absolute atomic E-state index is 13.9. The maximum Gasteiger partial charge on any atom is 0.228 e. The molecule has 0 radical (unpaired) electrons. The molecule has 2 atom stereocenters. The van der Waals surface area contributed by atoms with Crippen LogP contribution in [-0.4, -0.2) is 40.7 Å². The van der Waals surface area contributed by atoms with Gasteiger partial charge in [0.25, 0.3) is 0 Å². The molecule has 3 heterocycles. The van der Waals surface area contributed by atoms with E-state index in [0.717, 1.165) is 30.5 Å². The van der Waals surface area contributed by atoms with Gasteiger partial charge in [0.15, 0.2) is 0 Å². The van der Waals surface area contributed by atoms with Gasteiger partial charge in [0.05, 0.1) is 12.3 Å². The molecule has 6 heteroatoms. The molecule has 3 saturated heterocycles. The number of hydrogen-bond donors (Lipinski definition) is 0. The van der Waals surface area contributed by atoms with Gasteiger partial charge in [0.1, 0.15) is 11.6 Å². The topological polar surface area (TPSA) is 40.6 Å². The Morgan fingerprint density at radius 1 is 1.04 bits per heavy atom. The van der Waals surface area contributed by atoms with Gasteiger partial charge < -0.3 is 9.80 Å². The van der Waals surface area contributed by atoms with Gasteiger partial charge in [-0.3, -0.25) is 9.59 Å². The van der Waals surface area contributed by atoms with Gasteiger partial charge in [0, 0.05) is 31.7 Å². The Kier molecular flexibility index (Phi) is 5.11. The van der Waals surface area contributed by atoms with Gasteiger partial charge in [-0.1, -0.05) is 36.4 Å². The zero-order valence-corrected chi connectivity index (χ0v) is 15.5. The normalized spacial score (nSPS) is 21.7.